The number of piperazine rings is 1. The number of rotatable bonds is 3. The van der Waals surface area contributed by atoms with Gasteiger partial charge in [-0.05, 0) is 30.4 Å². The topological polar surface area (TPSA) is 39.3 Å². The normalized spacial score (nSPS) is 21.6. The van der Waals surface area contributed by atoms with E-state index in [1.807, 2.05) is 4.90 Å². The Labute approximate surface area is 150 Å². The second kappa shape index (κ2) is 7.20. The van der Waals surface area contributed by atoms with Crippen LogP contribution in [0.25, 0.3) is 10.9 Å². The van der Waals surface area contributed by atoms with Gasteiger partial charge in [0.15, 0.2) is 0 Å². The average Bonchev–Trinajstić information content (AvgIpc) is 3.07. The number of benzene rings is 1. The van der Waals surface area contributed by atoms with Crippen LogP contribution in [-0.2, 0) is 4.79 Å². The number of H-pyrrole nitrogens is 1. The number of amides is 1. The van der Waals surface area contributed by atoms with Crippen molar-refractivity contribution in [1.29, 1.82) is 0 Å². The molecule has 134 valence electrons. The van der Waals surface area contributed by atoms with Crippen LogP contribution in [-0.4, -0.2) is 46.9 Å². The molecule has 1 amide bonds. The summed E-state index contributed by atoms with van der Waals surface area (Å²) in [4.78, 5) is 19.8. The van der Waals surface area contributed by atoms with Gasteiger partial charge in [0, 0.05) is 56.2 Å². The second-order valence-corrected chi connectivity index (χ2v) is 7.67. The molecule has 4 rings (SSSR count). The van der Waals surface area contributed by atoms with E-state index in [1.165, 1.54) is 48.6 Å². The molecule has 0 radical (unpaired) electrons. The van der Waals surface area contributed by atoms with Crippen molar-refractivity contribution in [3.8, 4) is 0 Å². The van der Waals surface area contributed by atoms with E-state index >= 15 is 0 Å². The zero-order chi connectivity index (χ0) is 17.2. The fraction of sp³-hybridized carbons (Fsp3) is 0.571. The standard InChI is InChI=1S/C21H29N3O/c1-16(25)23-11-13-24(14-12-23)21(17-7-3-2-4-8-17)19-15-22-20-10-6-5-9-18(19)20/h5-6,9-10,15,17,21-22H,2-4,7-8,11-14H2,1H3. The first-order valence-electron chi connectivity index (χ1n) is 9.79. The molecule has 1 aliphatic carbocycles. The number of aromatic nitrogens is 1. The third-order valence-corrected chi connectivity index (χ3v) is 6.19. The molecule has 25 heavy (non-hydrogen) atoms. The second-order valence-electron chi connectivity index (χ2n) is 7.67. The molecule has 0 spiro atoms. The van der Waals surface area contributed by atoms with Crippen molar-refractivity contribution >= 4 is 16.8 Å². The summed E-state index contributed by atoms with van der Waals surface area (Å²) in [5, 5.41) is 1.37. The van der Waals surface area contributed by atoms with Crippen molar-refractivity contribution in [1.82, 2.24) is 14.8 Å². The molecule has 1 saturated heterocycles. The zero-order valence-electron chi connectivity index (χ0n) is 15.2. The number of fused-ring (bicyclic) bond motifs is 1. The van der Waals surface area contributed by atoms with Gasteiger partial charge in [-0.15, -0.1) is 0 Å². The van der Waals surface area contributed by atoms with E-state index in [0.717, 1.165) is 32.1 Å². The smallest absolute Gasteiger partial charge is 0.219 e. The fourth-order valence-electron chi connectivity index (χ4n) is 4.85. The van der Waals surface area contributed by atoms with Crippen LogP contribution in [0.3, 0.4) is 0 Å². The third kappa shape index (κ3) is 3.32. The molecule has 2 aromatic rings. The molecular formula is C21H29N3O. The molecule has 2 aliphatic rings. The van der Waals surface area contributed by atoms with Gasteiger partial charge in [-0.1, -0.05) is 37.5 Å². The number of nitrogens with zero attached hydrogens (tertiary/aromatic N) is 2. The highest BCUT2D eigenvalue weighted by molar-refractivity contribution is 5.83. The lowest BCUT2D eigenvalue weighted by Crippen LogP contribution is -2.50. The van der Waals surface area contributed by atoms with E-state index in [9.17, 15) is 4.79 Å². The highest BCUT2D eigenvalue weighted by atomic mass is 16.2. The van der Waals surface area contributed by atoms with Crippen LogP contribution in [0.5, 0.6) is 0 Å². The molecule has 1 atom stereocenters. The quantitative estimate of drug-likeness (QED) is 0.919. The van der Waals surface area contributed by atoms with Gasteiger partial charge in [-0.3, -0.25) is 9.69 Å². The number of para-hydroxylation sites is 1. The Kier molecular flexibility index (Phi) is 4.80. The van der Waals surface area contributed by atoms with Crippen LogP contribution >= 0.6 is 0 Å². The minimum Gasteiger partial charge on any atom is -0.361 e. The first-order chi connectivity index (χ1) is 12.2. The summed E-state index contributed by atoms with van der Waals surface area (Å²) in [5.74, 6) is 0.942. The van der Waals surface area contributed by atoms with Crippen molar-refractivity contribution in [3.63, 3.8) is 0 Å². The predicted octanol–water partition coefficient (Wildman–Crippen LogP) is 3.95. The summed E-state index contributed by atoms with van der Waals surface area (Å²) in [6.45, 7) is 5.39. The molecule has 1 aliphatic heterocycles. The molecule has 4 heteroatoms. The minimum absolute atomic E-state index is 0.209. The van der Waals surface area contributed by atoms with Crippen LogP contribution < -0.4 is 0 Å². The number of nitrogens with one attached hydrogen (secondary N) is 1. The Balaban J connectivity index is 1.64. The summed E-state index contributed by atoms with van der Waals surface area (Å²) < 4.78 is 0. The number of carbonyl (C=O) groups excluding carboxylic acids is 1. The van der Waals surface area contributed by atoms with Crippen LogP contribution in [0.4, 0.5) is 0 Å². The molecule has 2 fully saturated rings. The predicted molar refractivity (Wildman–Crippen MR) is 101 cm³/mol. The van der Waals surface area contributed by atoms with E-state index in [4.69, 9.17) is 0 Å². The third-order valence-electron chi connectivity index (χ3n) is 6.19. The lowest BCUT2D eigenvalue weighted by Gasteiger charge is -2.43. The van der Waals surface area contributed by atoms with Crippen LogP contribution in [0, 0.1) is 5.92 Å². The maximum atomic E-state index is 11.7. The number of hydrogen-bond donors (Lipinski definition) is 1. The lowest BCUT2D eigenvalue weighted by molar-refractivity contribution is -0.131. The van der Waals surface area contributed by atoms with Gasteiger partial charge in [0.25, 0.3) is 0 Å². The van der Waals surface area contributed by atoms with Crippen LogP contribution in [0.15, 0.2) is 30.5 Å². The van der Waals surface area contributed by atoms with Gasteiger partial charge < -0.3 is 9.88 Å². The first-order valence-corrected chi connectivity index (χ1v) is 9.79. The van der Waals surface area contributed by atoms with E-state index in [1.54, 1.807) is 6.92 Å². The fourth-order valence-corrected chi connectivity index (χ4v) is 4.85. The molecular weight excluding hydrogens is 310 g/mol. The van der Waals surface area contributed by atoms with Crippen molar-refractivity contribution in [2.75, 3.05) is 26.2 Å². The summed E-state index contributed by atoms with van der Waals surface area (Å²) in [5.41, 5.74) is 2.69. The number of aromatic amines is 1. The van der Waals surface area contributed by atoms with Crippen molar-refractivity contribution in [3.05, 3.63) is 36.0 Å². The maximum absolute atomic E-state index is 11.7. The highest BCUT2D eigenvalue weighted by Gasteiger charge is 2.33. The van der Waals surface area contributed by atoms with Crippen molar-refractivity contribution < 1.29 is 4.79 Å². The number of hydrogen-bond acceptors (Lipinski definition) is 2. The summed E-state index contributed by atoms with van der Waals surface area (Å²) in [6, 6.07) is 9.15. The van der Waals surface area contributed by atoms with Gasteiger partial charge in [0.1, 0.15) is 0 Å². The van der Waals surface area contributed by atoms with E-state index in [2.05, 4.69) is 40.3 Å². The SMILES string of the molecule is CC(=O)N1CCN(C(c2c[nH]c3ccccc23)C2CCCCC2)CC1. The molecule has 1 unspecified atom stereocenters. The monoisotopic (exact) mass is 339 g/mol. The van der Waals surface area contributed by atoms with Gasteiger partial charge >= 0.3 is 0 Å². The minimum atomic E-state index is 0.209. The largest absolute Gasteiger partial charge is 0.361 e. The maximum Gasteiger partial charge on any atom is 0.219 e. The molecule has 0 bridgehead atoms. The summed E-state index contributed by atoms with van der Waals surface area (Å²) in [7, 11) is 0. The molecule has 2 heterocycles. The summed E-state index contributed by atoms with van der Waals surface area (Å²) >= 11 is 0. The molecule has 1 aromatic carbocycles. The van der Waals surface area contributed by atoms with E-state index in [-0.39, 0.29) is 5.91 Å². The van der Waals surface area contributed by atoms with Gasteiger partial charge in [0.05, 0.1) is 0 Å². The van der Waals surface area contributed by atoms with Gasteiger partial charge in [0.2, 0.25) is 5.91 Å². The van der Waals surface area contributed by atoms with E-state index < -0.39 is 0 Å². The molecule has 1 saturated carbocycles. The Morgan fingerprint density at radius 3 is 2.52 bits per heavy atom. The Morgan fingerprint density at radius 2 is 1.80 bits per heavy atom. The molecule has 1 N–H and O–H groups in total. The van der Waals surface area contributed by atoms with Gasteiger partial charge in [-0.25, -0.2) is 0 Å². The van der Waals surface area contributed by atoms with Crippen molar-refractivity contribution in [2.24, 2.45) is 5.92 Å². The average molecular weight is 339 g/mol. The zero-order valence-corrected chi connectivity index (χ0v) is 15.2. The van der Waals surface area contributed by atoms with E-state index in [0.29, 0.717) is 6.04 Å². The Morgan fingerprint density at radius 1 is 1.08 bits per heavy atom. The Bertz CT molecular complexity index is 724. The first kappa shape index (κ1) is 16.6. The van der Waals surface area contributed by atoms with Gasteiger partial charge in [-0.2, -0.15) is 0 Å². The van der Waals surface area contributed by atoms with Crippen LogP contribution in [0.2, 0.25) is 0 Å². The molecule has 1 aromatic heterocycles. The van der Waals surface area contributed by atoms with Crippen LogP contribution in [0.1, 0.15) is 50.6 Å². The molecule has 4 nitrogen and oxygen atoms in total. The van der Waals surface area contributed by atoms with Crippen molar-refractivity contribution in [2.45, 2.75) is 45.1 Å². The summed E-state index contributed by atoms with van der Waals surface area (Å²) in [6.07, 6.45) is 9.00. The highest BCUT2D eigenvalue weighted by Crippen LogP contribution is 2.41. The number of carbonyl (C=O) groups is 1. The lowest BCUT2D eigenvalue weighted by atomic mass is 9.80. The Hall–Kier alpha value is -1.81.